The van der Waals surface area contributed by atoms with Crippen LogP contribution in [0.4, 0.5) is 24.0 Å². The summed E-state index contributed by atoms with van der Waals surface area (Å²) in [4.78, 5) is 26.3. The molecule has 1 heterocycles. The smallest absolute Gasteiger partial charge is 0.321 e. The molecule has 2 N–H and O–H groups in total. The van der Waals surface area contributed by atoms with Gasteiger partial charge >= 0.3 is 12.1 Å². The van der Waals surface area contributed by atoms with Crippen LogP contribution >= 0.6 is 11.3 Å². The molecule has 1 aromatic carbocycles. The van der Waals surface area contributed by atoms with Gasteiger partial charge < -0.3 is 5.32 Å². The highest BCUT2D eigenvalue weighted by molar-refractivity contribution is 7.17. The zero-order valence-electron chi connectivity index (χ0n) is 11.1. The molecule has 0 fully saturated rings. The normalized spacial score (nSPS) is 10.7. The van der Waals surface area contributed by atoms with Crippen LogP contribution in [0, 0.1) is 11.3 Å². The van der Waals surface area contributed by atoms with Gasteiger partial charge in [-0.25, -0.2) is 4.98 Å². The number of nitriles is 1. The maximum atomic E-state index is 12.1. The number of carbonyl (C=O) groups excluding carboxylic acids is 2. The number of hydrogen-bond donors (Lipinski definition) is 2. The van der Waals surface area contributed by atoms with E-state index in [1.54, 1.807) is 5.32 Å². The van der Waals surface area contributed by atoms with Crippen molar-refractivity contribution in [2.24, 2.45) is 0 Å². The number of nitrogens with zero attached hydrogens (tertiary/aromatic N) is 2. The molecule has 0 radical (unpaired) electrons. The summed E-state index contributed by atoms with van der Waals surface area (Å²) in [6.07, 6.45) is -3.98. The summed E-state index contributed by atoms with van der Waals surface area (Å²) >= 11 is 0.605. The van der Waals surface area contributed by atoms with Crippen LogP contribution in [0.25, 0.3) is 0 Å². The SMILES string of the molecule is N#Cc1ccc(NC(=O)c2cnc(NC(=O)C(F)(F)F)s2)cc1. The summed E-state index contributed by atoms with van der Waals surface area (Å²) in [7, 11) is 0. The first-order valence-electron chi connectivity index (χ1n) is 5.95. The van der Waals surface area contributed by atoms with Gasteiger partial charge in [0.25, 0.3) is 5.91 Å². The fourth-order valence-corrected chi connectivity index (χ4v) is 2.13. The summed E-state index contributed by atoms with van der Waals surface area (Å²) in [6.45, 7) is 0. The Morgan fingerprint density at radius 2 is 1.83 bits per heavy atom. The van der Waals surface area contributed by atoms with Crippen LogP contribution < -0.4 is 10.6 Å². The molecule has 0 unspecified atom stereocenters. The molecular weight excluding hydrogens is 333 g/mol. The third-order valence-electron chi connectivity index (χ3n) is 2.48. The zero-order valence-corrected chi connectivity index (χ0v) is 12.0. The van der Waals surface area contributed by atoms with Crippen LogP contribution in [0.15, 0.2) is 30.5 Å². The van der Waals surface area contributed by atoms with Crippen molar-refractivity contribution < 1.29 is 22.8 Å². The van der Waals surface area contributed by atoms with Crippen LogP contribution in [0.1, 0.15) is 15.2 Å². The van der Waals surface area contributed by atoms with E-state index >= 15 is 0 Å². The number of thiazole rings is 1. The second-order valence-corrected chi connectivity index (χ2v) is 5.16. The number of hydrogen-bond acceptors (Lipinski definition) is 5. The molecule has 0 bridgehead atoms. The summed E-state index contributed by atoms with van der Waals surface area (Å²) in [5.74, 6) is -2.76. The molecular formula is C13H7F3N4O2S. The zero-order chi connectivity index (χ0) is 17.0. The second-order valence-electron chi connectivity index (χ2n) is 4.12. The summed E-state index contributed by atoms with van der Waals surface area (Å²) in [5, 5.41) is 12.4. The standard InChI is InChI=1S/C13H7F3N4O2S/c14-13(15,16)11(22)20-12-18-6-9(23-12)10(21)19-8-3-1-7(5-17)2-4-8/h1-4,6H,(H,19,21)(H,18,20,22). The maximum absolute atomic E-state index is 12.1. The van der Waals surface area contributed by atoms with E-state index in [0.29, 0.717) is 22.6 Å². The van der Waals surface area contributed by atoms with E-state index in [0.717, 1.165) is 6.20 Å². The predicted molar refractivity (Wildman–Crippen MR) is 75.9 cm³/mol. The van der Waals surface area contributed by atoms with Gasteiger partial charge in [0.05, 0.1) is 17.8 Å². The molecule has 2 amide bonds. The highest BCUT2D eigenvalue weighted by atomic mass is 32.1. The Hall–Kier alpha value is -2.93. The highest BCUT2D eigenvalue weighted by Crippen LogP contribution is 2.23. The molecule has 6 nitrogen and oxygen atoms in total. The number of aromatic nitrogens is 1. The summed E-state index contributed by atoms with van der Waals surface area (Å²) in [5.41, 5.74) is 0.821. The Kier molecular flexibility index (Phi) is 4.61. The van der Waals surface area contributed by atoms with Crippen molar-refractivity contribution in [2.75, 3.05) is 10.6 Å². The van der Waals surface area contributed by atoms with Gasteiger partial charge in [0.2, 0.25) is 0 Å². The van der Waals surface area contributed by atoms with Crippen LogP contribution in [-0.2, 0) is 4.79 Å². The van der Waals surface area contributed by atoms with Crippen molar-refractivity contribution >= 4 is 34.0 Å². The largest absolute Gasteiger partial charge is 0.471 e. The number of halogens is 3. The van der Waals surface area contributed by atoms with Gasteiger partial charge in [-0.05, 0) is 24.3 Å². The van der Waals surface area contributed by atoms with Crippen molar-refractivity contribution in [1.29, 1.82) is 5.26 Å². The lowest BCUT2D eigenvalue weighted by Gasteiger charge is -2.04. The average molecular weight is 340 g/mol. The Morgan fingerprint density at radius 1 is 1.17 bits per heavy atom. The van der Waals surface area contributed by atoms with Gasteiger partial charge in [-0.15, -0.1) is 0 Å². The lowest BCUT2D eigenvalue weighted by molar-refractivity contribution is -0.167. The third kappa shape index (κ3) is 4.27. The lowest BCUT2D eigenvalue weighted by Crippen LogP contribution is -2.29. The van der Waals surface area contributed by atoms with Gasteiger partial charge in [-0.2, -0.15) is 18.4 Å². The van der Waals surface area contributed by atoms with Gasteiger partial charge in [-0.3, -0.25) is 14.9 Å². The fourth-order valence-electron chi connectivity index (χ4n) is 1.43. The molecule has 10 heteroatoms. The molecule has 0 spiro atoms. The monoisotopic (exact) mass is 340 g/mol. The molecule has 2 rings (SSSR count). The molecule has 0 saturated heterocycles. The fraction of sp³-hybridized carbons (Fsp3) is 0.0769. The first-order chi connectivity index (χ1) is 10.8. The van der Waals surface area contributed by atoms with Crippen molar-refractivity contribution in [1.82, 2.24) is 4.98 Å². The minimum absolute atomic E-state index is 0.0202. The molecule has 1 aromatic heterocycles. The minimum atomic E-state index is -5.03. The van der Waals surface area contributed by atoms with E-state index < -0.39 is 18.0 Å². The van der Waals surface area contributed by atoms with E-state index in [9.17, 15) is 22.8 Å². The predicted octanol–water partition coefficient (Wildman–Crippen LogP) is 2.77. The molecule has 0 aliphatic heterocycles. The summed E-state index contributed by atoms with van der Waals surface area (Å²) in [6, 6.07) is 7.92. The van der Waals surface area contributed by atoms with E-state index in [1.807, 2.05) is 6.07 Å². The quantitative estimate of drug-likeness (QED) is 0.898. The second kappa shape index (κ2) is 6.45. The number of amides is 2. The first kappa shape index (κ1) is 16.4. The lowest BCUT2D eigenvalue weighted by atomic mass is 10.2. The molecule has 0 aliphatic carbocycles. The first-order valence-corrected chi connectivity index (χ1v) is 6.77. The van der Waals surface area contributed by atoms with Crippen LogP contribution in [0.2, 0.25) is 0 Å². The van der Waals surface area contributed by atoms with Crippen LogP contribution in [0.5, 0.6) is 0 Å². The molecule has 0 saturated carbocycles. The van der Waals surface area contributed by atoms with Crippen molar-refractivity contribution in [2.45, 2.75) is 6.18 Å². The Labute approximate surface area is 131 Å². The maximum Gasteiger partial charge on any atom is 0.471 e. The van der Waals surface area contributed by atoms with Crippen molar-refractivity contribution in [3.05, 3.63) is 40.9 Å². The van der Waals surface area contributed by atoms with Gasteiger partial charge in [-0.1, -0.05) is 11.3 Å². The van der Waals surface area contributed by atoms with Gasteiger partial charge in [0.15, 0.2) is 5.13 Å². The van der Waals surface area contributed by atoms with E-state index in [1.165, 1.54) is 24.3 Å². The molecule has 118 valence electrons. The molecule has 0 aliphatic rings. The van der Waals surface area contributed by atoms with Crippen molar-refractivity contribution in [3.63, 3.8) is 0 Å². The molecule has 0 atom stereocenters. The van der Waals surface area contributed by atoms with Crippen molar-refractivity contribution in [3.8, 4) is 6.07 Å². The molecule has 2 aromatic rings. The number of nitrogens with one attached hydrogen (secondary N) is 2. The highest BCUT2D eigenvalue weighted by Gasteiger charge is 2.39. The van der Waals surface area contributed by atoms with E-state index in [2.05, 4.69) is 10.3 Å². The Morgan fingerprint density at radius 3 is 2.39 bits per heavy atom. The van der Waals surface area contributed by atoms with Crippen LogP contribution in [0.3, 0.4) is 0 Å². The minimum Gasteiger partial charge on any atom is -0.321 e. The summed E-state index contributed by atoms with van der Waals surface area (Å²) < 4.78 is 36.3. The Balaban J connectivity index is 2.03. The van der Waals surface area contributed by atoms with Gasteiger partial charge in [0.1, 0.15) is 4.88 Å². The average Bonchev–Trinajstić information content (AvgIpc) is 2.95. The number of anilines is 2. The van der Waals surface area contributed by atoms with Gasteiger partial charge in [0, 0.05) is 5.69 Å². The molecule has 23 heavy (non-hydrogen) atoms. The number of benzene rings is 1. The number of rotatable bonds is 3. The van der Waals surface area contributed by atoms with Crippen LogP contribution in [-0.4, -0.2) is 23.0 Å². The topological polar surface area (TPSA) is 94.9 Å². The third-order valence-corrected chi connectivity index (χ3v) is 3.39. The number of alkyl halides is 3. The number of carbonyl (C=O) groups is 2. The Bertz CT molecular complexity index is 778. The van der Waals surface area contributed by atoms with E-state index in [4.69, 9.17) is 5.26 Å². The van der Waals surface area contributed by atoms with E-state index in [-0.39, 0.29) is 10.0 Å².